The fourth-order valence-electron chi connectivity index (χ4n) is 2.13. The topological polar surface area (TPSA) is 27.0 Å². The molecule has 0 N–H and O–H groups in total. The van der Waals surface area contributed by atoms with E-state index in [0.717, 1.165) is 23.1 Å². The molecule has 84 valence electrons. The summed E-state index contributed by atoms with van der Waals surface area (Å²) in [6.45, 7) is 2.29. The molecule has 0 radical (unpaired) electrons. The van der Waals surface area contributed by atoms with Gasteiger partial charge in [-0.15, -0.1) is 0 Å². The fraction of sp³-hybridized carbons (Fsp3) is 0.462. The highest BCUT2D eigenvalue weighted by molar-refractivity contribution is 9.10. The van der Waals surface area contributed by atoms with E-state index < -0.39 is 0 Å². The monoisotopic (exact) mass is 278 g/mol. The predicted octanol–water partition coefficient (Wildman–Crippen LogP) is 3.51. The van der Waals surface area contributed by atoms with E-state index in [1.807, 2.05) is 0 Å². The van der Waals surface area contributed by atoms with Crippen LogP contribution < -0.4 is 4.90 Å². The third-order valence-electron chi connectivity index (χ3n) is 3.02. The minimum atomic E-state index is 0.474. The summed E-state index contributed by atoms with van der Waals surface area (Å²) in [4.78, 5) is 2.41. The molecule has 1 aliphatic rings. The summed E-state index contributed by atoms with van der Waals surface area (Å²) in [5.74, 6) is 0. The molecule has 1 saturated heterocycles. The van der Waals surface area contributed by atoms with E-state index in [9.17, 15) is 0 Å². The van der Waals surface area contributed by atoms with Gasteiger partial charge in [-0.25, -0.2) is 0 Å². The number of rotatable bonds is 2. The van der Waals surface area contributed by atoms with Gasteiger partial charge in [-0.05, 0) is 43.0 Å². The van der Waals surface area contributed by atoms with Crippen molar-refractivity contribution in [3.63, 3.8) is 0 Å². The molecule has 1 heterocycles. The van der Waals surface area contributed by atoms with Gasteiger partial charge in [-0.1, -0.05) is 15.9 Å². The zero-order valence-corrected chi connectivity index (χ0v) is 10.8. The van der Waals surface area contributed by atoms with Gasteiger partial charge in [0.2, 0.25) is 0 Å². The maximum absolute atomic E-state index is 8.76. The molecule has 0 aromatic heterocycles. The molecule has 0 aliphatic carbocycles. The first kappa shape index (κ1) is 11.5. The van der Waals surface area contributed by atoms with Crippen molar-refractivity contribution in [1.29, 1.82) is 5.26 Å². The Morgan fingerprint density at radius 2 is 2.00 bits per heavy atom. The molecule has 0 amide bonds. The van der Waals surface area contributed by atoms with E-state index >= 15 is 0 Å². The smallest absolute Gasteiger partial charge is 0.0670 e. The SMILES string of the molecule is N#CCc1cc(N2CCCCC2)ccc1Br. The lowest BCUT2D eigenvalue weighted by molar-refractivity contribution is 0.577. The molecule has 1 aromatic carbocycles. The average Bonchev–Trinajstić information content (AvgIpc) is 2.33. The highest BCUT2D eigenvalue weighted by atomic mass is 79.9. The van der Waals surface area contributed by atoms with Gasteiger partial charge in [0.1, 0.15) is 0 Å². The summed E-state index contributed by atoms with van der Waals surface area (Å²) in [5.41, 5.74) is 2.35. The summed E-state index contributed by atoms with van der Waals surface area (Å²) >= 11 is 3.49. The van der Waals surface area contributed by atoms with E-state index in [4.69, 9.17) is 5.26 Å². The van der Waals surface area contributed by atoms with E-state index in [1.165, 1.54) is 24.9 Å². The van der Waals surface area contributed by atoms with Crippen LogP contribution in [0.4, 0.5) is 5.69 Å². The quantitative estimate of drug-likeness (QED) is 0.828. The molecule has 2 rings (SSSR count). The van der Waals surface area contributed by atoms with Crippen molar-refractivity contribution >= 4 is 21.6 Å². The molecule has 0 bridgehead atoms. The summed E-state index contributed by atoms with van der Waals surface area (Å²) in [7, 11) is 0. The second-order valence-corrected chi connectivity index (χ2v) is 5.01. The Bertz CT molecular complexity index is 403. The first-order valence-electron chi connectivity index (χ1n) is 5.71. The van der Waals surface area contributed by atoms with Gasteiger partial charge in [0.15, 0.2) is 0 Å². The van der Waals surface area contributed by atoms with Crippen molar-refractivity contribution in [1.82, 2.24) is 0 Å². The van der Waals surface area contributed by atoms with Gasteiger partial charge < -0.3 is 4.90 Å². The van der Waals surface area contributed by atoms with Gasteiger partial charge in [-0.3, -0.25) is 0 Å². The standard InChI is InChI=1S/C13H15BrN2/c14-13-5-4-12(10-11(13)6-7-15)16-8-2-1-3-9-16/h4-5,10H,1-3,6,8-9H2. The second-order valence-electron chi connectivity index (χ2n) is 4.16. The highest BCUT2D eigenvalue weighted by Crippen LogP contribution is 2.26. The molecule has 1 aromatic rings. The summed E-state index contributed by atoms with van der Waals surface area (Å²) < 4.78 is 1.04. The first-order chi connectivity index (χ1) is 7.81. The third kappa shape index (κ3) is 2.56. The molecule has 16 heavy (non-hydrogen) atoms. The van der Waals surface area contributed by atoms with Crippen LogP contribution in [0.25, 0.3) is 0 Å². The van der Waals surface area contributed by atoms with Crippen LogP contribution >= 0.6 is 15.9 Å². The van der Waals surface area contributed by atoms with Crippen LogP contribution in [0.3, 0.4) is 0 Å². The van der Waals surface area contributed by atoms with Crippen LogP contribution in [0.5, 0.6) is 0 Å². The Balaban J connectivity index is 2.21. The second kappa shape index (κ2) is 5.36. The molecular formula is C13H15BrN2. The van der Waals surface area contributed by atoms with Crippen LogP contribution in [0.15, 0.2) is 22.7 Å². The van der Waals surface area contributed by atoms with E-state index in [0.29, 0.717) is 6.42 Å². The van der Waals surface area contributed by atoms with Crippen LogP contribution in [0.1, 0.15) is 24.8 Å². The molecular weight excluding hydrogens is 264 g/mol. The Morgan fingerprint density at radius 1 is 1.25 bits per heavy atom. The Kier molecular flexibility index (Phi) is 3.84. The van der Waals surface area contributed by atoms with Gasteiger partial charge in [-0.2, -0.15) is 5.26 Å². The van der Waals surface area contributed by atoms with Gasteiger partial charge in [0, 0.05) is 23.2 Å². The lowest BCUT2D eigenvalue weighted by atomic mass is 10.1. The molecule has 1 fully saturated rings. The van der Waals surface area contributed by atoms with Crippen molar-refractivity contribution < 1.29 is 0 Å². The Morgan fingerprint density at radius 3 is 2.69 bits per heavy atom. The van der Waals surface area contributed by atoms with E-state index in [-0.39, 0.29) is 0 Å². The molecule has 1 aliphatic heterocycles. The van der Waals surface area contributed by atoms with Crippen LogP contribution in [-0.2, 0) is 6.42 Å². The van der Waals surface area contributed by atoms with Crippen molar-refractivity contribution in [3.8, 4) is 6.07 Å². The highest BCUT2D eigenvalue weighted by Gasteiger charge is 2.12. The lowest BCUT2D eigenvalue weighted by Gasteiger charge is -2.29. The van der Waals surface area contributed by atoms with Crippen LogP contribution in [0.2, 0.25) is 0 Å². The van der Waals surface area contributed by atoms with Crippen molar-refractivity contribution in [2.24, 2.45) is 0 Å². The van der Waals surface area contributed by atoms with Crippen molar-refractivity contribution in [2.45, 2.75) is 25.7 Å². The molecule has 0 spiro atoms. The minimum absolute atomic E-state index is 0.474. The van der Waals surface area contributed by atoms with Crippen LogP contribution in [-0.4, -0.2) is 13.1 Å². The zero-order chi connectivity index (χ0) is 11.4. The van der Waals surface area contributed by atoms with Gasteiger partial charge >= 0.3 is 0 Å². The zero-order valence-electron chi connectivity index (χ0n) is 9.25. The maximum atomic E-state index is 8.76. The first-order valence-corrected chi connectivity index (χ1v) is 6.51. The molecule has 0 saturated carbocycles. The number of halogens is 1. The minimum Gasteiger partial charge on any atom is -0.372 e. The van der Waals surface area contributed by atoms with E-state index in [1.54, 1.807) is 0 Å². The van der Waals surface area contributed by atoms with Gasteiger partial charge in [0.25, 0.3) is 0 Å². The summed E-state index contributed by atoms with van der Waals surface area (Å²) in [5, 5.41) is 8.76. The fourth-order valence-corrected chi connectivity index (χ4v) is 2.52. The largest absolute Gasteiger partial charge is 0.372 e. The lowest BCUT2D eigenvalue weighted by Crippen LogP contribution is -2.29. The number of anilines is 1. The number of nitriles is 1. The number of benzene rings is 1. The number of hydrogen-bond donors (Lipinski definition) is 0. The number of hydrogen-bond acceptors (Lipinski definition) is 2. The number of nitrogens with zero attached hydrogens (tertiary/aromatic N) is 2. The molecule has 2 nitrogen and oxygen atoms in total. The van der Waals surface area contributed by atoms with Crippen LogP contribution in [0, 0.1) is 11.3 Å². The molecule has 0 unspecified atom stereocenters. The summed E-state index contributed by atoms with van der Waals surface area (Å²) in [6.07, 6.45) is 4.38. The molecule has 3 heteroatoms. The van der Waals surface area contributed by atoms with Crippen molar-refractivity contribution in [3.05, 3.63) is 28.2 Å². The average molecular weight is 279 g/mol. The molecule has 0 atom stereocenters. The third-order valence-corrected chi connectivity index (χ3v) is 3.79. The van der Waals surface area contributed by atoms with Gasteiger partial charge in [0.05, 0.1) is 12.5 Å². The Labute approximate surface area is 105 Å². The normalized spacial score (nSPS) is 15.9. The number of piperidine rings is 1. The van der Waals surface area contributed by atoms with Crippen molar-refractivity contribution in [2.75, 3.05) is 18.0 Å². The summed E-state index contributed by atoms with van der Waals surface area (Å²) in [6, 6.07) is 8.53. The Hall–Kier alpha value is -1.01. The predicted molar refractivity (Wildman–Crippen MR) is 69.5 cm³/mol. The maximum Gasteiger partial charge on any atom is 0.0670 e. The van der Waals surface area contributed by atoms with E-state index in [2.05, 4.69) is 45.1 Å².